The fraction of sp³-hybridized carbons (Fsp3) is 0.500. The Labute approximate surface area is 117 Å². The molecule has 1 aliphatic rings. The molecule has 20 heavy (non-hydrogen) atoms. The van der Waals surface area contributed by atoms with Crippen LogP contribution in [0.25, 0.3) is 11.4 Å². The van der Waals surface area contributed by atoms with Crippen LogP contribution in [0.4, 0.5) is 0 Å². The van der Waals surface area contributed by atoms with Gasteiger partial charge in [-0.15, -0.1) is 0 Å². The molecule has 2 aromatic rings. The summed E-state index contributed by atoms with van der Waals surface area (Å²) in [5.41, 5.74) is 2.85. The number of aryl methyl sites for hydroxylation is 2. The molecule has 0 aromatic carbocycles. The highest BCUT2D eigenvalue weighted by molar-refractivity contribution is 5.55. The number of aromatic nitrogens is 3. The summed E-state index contributed by atoms with van der Waals surface area (Å²) >= 11 is 0. The lowest BCUT2D eigenvalue weighted by molar-refractivity contribution is 0.0744. The van der Waals surface area contributed by atoms with Crippen LogP contribution in [0.2, 0.25) is 0 Å². The third kappa shape index (κ3) is 3.02. The smallest absolute Gasteiger partial charge is 0.228 e. The van der Waals surface area contributed by atoms with Crippen molar-refractivity contribution in [3.8, 4) is 11.4 Å². The molecule has 0 aliphatic carbocycles. The number of pyridine rings is 1. The first-order valence-electron chi connectivity index (χ1n) is 6.80. The van der Waals surface area contributed by atoms with Gasteiger partial charge in [-0.1, -0.05) is 5.16 Å². The van der Waals surface area contributed by atoms with Crippen LogP contribution in [0, 0.1) is 13.8 Å². The lowest BCUT2D eigenvalue weighted by Gasteiger charge is -2.22. The molecule has 6 nitrogen and oxygen atoms in total. The van der Waals surface area contributed by atoms with Crippen LogP contribution in [0.3, 0.4) is 0 Å². The van der Waals surface area contributed by atoms with Gasteiger partial charge in [-0.25, -0.2) is 0 Å². The first-order valence-corrected chi connectivity index (χ1v) is 6.80. The van der Waals surface area contributed by atoms with E-state index in [9.17, 15) is 0 Å². The van der Waals surface area contributed by atoms with E-state index in [0.29, 0.717) is 24.7 Å². The van der Waals surface area contributed by atoms with Crippen LogP contribution < -0.4 is 5.32 Å². The molecular formula is C14H18N4O2. The monoisotopic (exact) mass is 274 g/mol. The summed E-state index contributed by atoms with van der Waals surface area (Å²) in [5.74, 6) is 1.25. The lowest BCUT2D eigenvalue weighted by atomic mass is 10.2. The van der Waals surface area contributed by atoms with Crippen molar-refractivity contribution < 1.29 is 9.26 Å². The van der Waals surface area contributed by atoms with E-state index in [2.05, 4.69) is 20.4 Å². The standard InChI is InChI=1S/C14H18N4O2/c1-9-5-11(6-10(2)16-9)14-17-13(20-18-14)7-12-8-19-4-3-15-12/h5-6,12,15H,3-4,7-8H2,1-2H3. The average Bonchev–Trinajstić information content (AvgIpc) is 2.87. The molecule has 0 radical (unpaired) electrons. The maximum Gasteiger partial charge on any atom is 0.228 e. The molecule has 1 atom stereocenters. The molecule has 3 heterocycles. The minimum absolute atomic E-state index is 0.248. The van der Waals surface area contributed by atoms with E-state index < -0.39 is 0 Å². The fourth-order valence-electron chi connectivity index (χ4n) is 2.38. The predicted molar refractivity (Wildman–Crippen MR) is 73.3 cm³/mol. The predicted octanol–water partition coefficient (Wildman–Crippen LogP) is 1.28. The van der Waals surface area contributed by atoms with E-state index in [-0.39, 0.29) is 6.04 Å². The minimum atomic E-state index is 0.248. The Morgan fingerprint density at radius 2 is 2.05 bits per heavy atom. The Kier molecular flexibility index (Phi) is 3.75. The van der Waals surface area contributed by atoms with Crippen LogP contribution in [0.1, 0.15) is 17.3 Å². The van der Waals surface area contributed by atoms with Gasteiger partial charge >= 0.3 is 0 Å². The SMILES string of the molecule is Cc1cc(-c2noc(CC3COCCN3)n2)cc(C)n1. The third-order valence-electron chi connectivity index (χ3n) is 3.23. The Balaban J connectivity index is 1.75. The molecule has 3 rings (SSSR count). The second kappa shape index (κ2) is 5.68. The molecule has 6 heteroatoms. The molecule has 1 N–H and O–H groups in total. The Morgan fingerprint density at radius 1 is 1.25 bits per heavy atom. The molecule has 1 fully saturated rings. The van der Waals surface area contributed by atoms with Crippen molar-refractivity contribution in [3.05, 3.63) is 29.4 Å². The zero-order valence-corrected chi connectivity index (χ0v) is 11.7. The number of hydrogen-bond acceptors (Lipinski definition) is 6. The van der Waals surface area contributed by atoms with Gasteiger partial charge in [0, 0.05) is 36.0 Å². The van der Waals surface area contributed by atoms with Crippen molar-refractivity contribution in [1.29, 1.82) is 0 Å². The van der Waals surface area contributed by atoms with E-state index in [4.69, 9.17) is 9.26 Å². The zero-order chi connectivity index (χ0) is 13.9. The molecule has 1 saturated heterocycles. The number of rotatable bonds is 3. The molecule has 0 amide bonds. The quantitative estimate of drug-likeness (QED) is 0.909. The summed E-state index contributed by atoms with van der Waals surface area (Å²) < 4.78 is 10.7. The van der Waals surface area contributed by atoms with Crippen LogP contribution in [0.15, 0.2) is 16.7 Å². The Morgan fingerprint density at radius 3 is 2.75 bits per heavy atom. The average molecular weight is 274 g/mol. The second-order valence-electron chi connectivity index (χ2n) is 5.08. The molecule has 0 bridgehead atoms. The zero-order valence-electron chi connectivity index (χ0n) is 11.7. The lowest BCUT2D eigenvalue weighted by Crippen LogP contribution is -2.42. The summed E-state index contributed by atoms with van der Waals surface area (Å²) in [6.07, 6.45) is 0.691. The Hall–Kier alpha value is -1.79. The molecular weight excluding hydrogens is 256 g/mol. The highest BCUT2D eigenvalue weighted by Crippen LogP contribution is 2.18. The van der Waals surface area contributed by atoms with Gasteiger partial charge < -0.3 is 14.6 Å². The molecule has 1 unspecified atom stereocenters. The van der Waals surface area contributed by atoms with Crippen molar-refractivity contribution in [2.24, 2.45) is 0 Å². The largest absolute Gasteiger partial charge is 0.378 e. The molecule has 0 saturated carbocycles. The Bertz CT molecular complexity index is 570. The second-order valence-corrected chi connectivity index (χ2v) is 5.08. The topological polar surface area (TPSA) is 73.1 Å². The number of morpholine rings is 1. The number of nitrogens with one attached hydrogen (secondary N) is 1. The minimum Gasteiger partial charge on any atom is -0.378 e. The van der Waals surface area contributed by atoms with Crippen LogP contribution in [-0.4, -0.2) is 40.9 Å². The summed E-state index contributed by atoms with van der Waals surface area (Å²) in [7, 11) is 0. The van der Waals surface area contributed by atoms with Crippen LogP contribution in [0.5, 0.6) is 0 Å². The molecule has 1 aliphatic heterocycles. The van der Waals surface area contributed by atoms with Gasteiger partial charge in [-0.3, -0.25) is 4.98 Å². The maximum absolute atomic E-state index is 5.42. The van der Waals surface area contributed by atoms with Crippen molar-refractivity contribution in [2.75, 3.05) is 19.8 Å². The van der Waals surface area contributed by atoms with Crippen LogP contribution in [-0.2, 0) is 11.2 Å². The van der Waals surface area contributed by atoms with Crippen molar-refractivity contribution in [2.45, 2.75) is 26.3 Å². The van der Waals surface area contributed by atoms with Gasteiger partial charge in [0.15, 0.2) is 0 Å². The van der Waals surface area contributed by atoms with E-state index in [1.165, 1.54) is 0 Å². The van der Waals surface area contributed by atoms with Crippen molar-refractivity contribution in [1.82, 2.24) is 20.4 Å². The van der Waals surface area contributed by atoms with E-state index in [0.717, 1.165) is 30.1 Å². The van der Waals surface area contributed by atoms with Gasteiger partial charge in [0.1, 0.15) is 0 Å². The molecule has 106 valence electrons. The maximum atomic E-state index is 5.42. The summed E-state index contributed by atoms with van der Waals surface area (Å²) in [6, 6.07) is 4.17. The summed E-state index contributed by atoms with van der Waals surface area (Å²) in [4.78, 5) is 8.80. The van der Waals surface area contributed by atoms with Gasteiger partial charge in [-0.05, 0) is 26.0 Å². The van der Waals surface area contributed by atoms with E-state index in [1.54, 1.807) is 0 Å². The van der Waals surface area contributed by atoms with Gasteiger partial charge in [0.05, 0.1) is 13.2 Å². The van der Waals surface area contributed by atoms with Gasteiger partial charge in [0.2, 0.25) is 11.7 Å². The van der Waals surface area contributed by atoms with Crippen molar-refractivity contribution in [3.63, 3.8) is 0 Å². The first kappa shape index (κ1) is 13.2. The van der Waals surface area contributed by atoms with E-state index in [1.807, 2.05) is 26.0 Å². The summed E-state index contributed by atoms with van der Waals surface area (Å²) in [5, 5.41) is 7.42. The number of ether oxygens (including phenoxy) is 1. The fourth-order valence-corrected chi connectivity index (χ4v) is 2.38. The van der Waals surface area contributed by atoms with E-state index >= 15 is 0 Å². The van der Waals surface area contributed by atoms with Crippen molar-refractivity contribution >= 4 is 0 Å². The normalized spacial score (nSPS) is 19.2. The third-order valence-corrected chi connectivity index (χ3v) is 3.23. The molecule has 2 aromatic heterocycles. The van der Waals surface area contributed by atoms with Gasteiger partial charge in [0.25, 0.3) is 0 Å². The number of hydrogen-bond donors (Lipinski definition) is 1. The summed E-state index contributed by atoms with van der Waals surface area (Å²) in [6.45, 7) is 6.24. The van der Waals surface area contributed by atoms with Gasteiger partial charge in [-0.2, -0.15) is 4.98 Å². The number of nitrogens with zero attached hydrogens (tertiary/aromatic N) is 3. The molecule has 0 spiro atoms. The first-order chi connectivity index (χ1) is 9.70. The highest BCUT2D eigenvalue weighted by Gasteiger charge is 2.18. The highest BCUT2D eigenvalue weighted by atomic mass is 16.5. The van der Waals surface area contributed by atoms with Crippen LogP contribution >= 0.6 is 0 Å².